The maximum Gasteiger partial charge on any atom is 0.0877 e. The minimum Gasteiger partial charge on any atom is -0.381 e. The second-order valence-corrected chi connectivity index (χ2v) is 4.88. The van der Waals surface area contributed by atoms with E-state index in [2.05, 4.69) is 24.3 Å². The molecule has 1 aromatic carbocycles. The summed E-state index contributed by atoms with van der Waals surface area (Å²) in [5.41, 5.74) is 2.04. The normalized spacial score (nSPS) is 12.4. The van der Waals surface area contributed by atoms with Crippen molar-refractivity contribution in [3.8, 4) is 5.69 Å². The molecule has 2 aromatic rings. The molecule has 0 saturated carbocycles. The van der Waals surface area contributed by atoms with E-state index in [1.165, 1.54) is 0 Å². The molecule has 1 unspecified atom stereocenters. The quantitative estimate of drug-likeness (QED) is 0.879. The van der Waals surface area contributed by atoms with E-state index in [0.717, 1.165) is 29.2 Å². The zero-order valence-corrected chi connectivity index (χ0v) is 11.5. The van der Waals surface area contributed by atoms with Gasteiger partial charge in [0, 0.05) is 23.5 Å². The number of halogens is 1. The second kappa shape index (κ2) is 5.91. The Kier molecular flexibility index (Phi) is 4.26. The van der Waals surface area contributed by atoms with E-state index in [-0.39, 0.29) is 0 Å². The Hall–Kier alpha value is -1.48. The van der Waals surface area contributed by atoms with Gasteiger partial charge >= 0.3 is 0 Å². The molecule has 0 aliphatic carbocycles. The van der Waals surface area contributed by atoms with Crippen LogP contribution in [0.1, 0.15) is 26.7 Å². The zero-order chi connectivity index (χ0) is 13.0. The number of hydrogen-bond donors (Lipinski definition) is 1. The van der Waals surface area contributed by atoms with E-state index in [1.54, 1.807) is 6.20 Å². The van der Waals surface area contributed by atoms with Gasteiger partial charge in [-0.15, -0.1) is 0 Å². The van der Waals surface area contributed by atoms with Crippen molar-refractivity contribution in [1.29, 1.82) is 0 Å². The molecule has 0 aliphatic heterocycles. The molecule has 0 spiro atoms. The fourth-order valence-corrected chi connectivity index (χ4v) is 2.18. The summed E-state index contributed by atoms with van der Waals surface area (Å²) in [6.45, 7) is 4.36. The molecule has 1 aromatic heterocycles. The average molecular weight is 264 g/mol. The van der Waals surface area contributed by atoms with Crippen molar-refractivity contribution in [1.82, 2.24) is 9.78 Å². The van der Waals surface area contributed by atoms with Crippen molar-refractivity contribution >= 4 is 17.3 Å². The van der Waals surface area contributed by atoms with Crippen LogP contribution < -0.4 is 5.32 Å². The van der Waals surface area contributed by atoms with Crippen LogP contribution in [-0.4, -0.2) is 15.8 Å². The number of anilines is 1. The van der Waals surface area contributed by atoms with E-state index in [9.17, 15) is 0 Å². The molecule has 0 saturated heterocycles. The average Bonchev–Trinajstić information content (AvgIpc) is 2.83. The van der Waals surface area contributed by atoms with Crippen LogP contribution >= 0.6 is 11.6 Å². The lowest BCUT2D eigenvalue weighted by Crippen LogP contribution is -2.16. The van der Waals surface area contributed by atoms with Gasteiger partial charge in [-0.1, -0.05) is 24.9 Å². The summed E-state index contributed by atoms with van der Waals surface area (Å²) in [5, 5.41) is 8.49. The predicted molar refractivity (Wildman–Crippen MR) is 76.6 cm³/mol. The summed E-state index contributed by atoms with van der Waals surface area (Å²) in [6.07, 6.45) is 5.99. The number of hydrogen-bond acceptors (Lipinski definition) is 2. The van der Waals surface area contributed by atoms with Gasteiger partial charge in [-0.25, -0.2) is 4.68 Å². The topological polar surface area (TPSA) is 29.9 Å². The first-order chi connectivity index (χ1) is 8.70. The largest absolute Gasteiger partial charge is 0.381 e. The van der Waals surface area contributed by atoms with Crippen molar-refractivity contribution in [3.63, 3.8) is 0 Å². The van der Waals surface area contributed by atoms with Gasteiger partial charge < -0.3 is 5.32 Å². The van der Waals surface area contributed by atoms with Crippen molar-refractivity contribution in [2.75, 3.05) is 5.32 Å². The minimum atomic E-state index is 0.419. The third-order valence-corrected chi connectivity index (χ3v) is 3.07. The number of nitrogens with one attached hydrogen (secondary N) is 1. The smallest absolute Gasteiger partial charge is 0.0877 e. The number of rotatable bonds is 5. The maximum atomic E-state index is 6.07. The van der Waals surface area contributed by atoms with Crippen molar-refractivity contribution in [3.05, 3.63) is 41.7 Å². The summed E-state index contributed by atoms with van der Waals surface area (Å²) in [6, 6.07) is 8.14. The molecule has 2 rings (SSSR count). The Bertz CT molecular complexity index is 494. The zero-order valence-electron chi connectivity index (χ0n) is 10.7. The summed E-state index contributed by atoms with van der Waals surface area (Å²) >= 11 is 6.07. The molecular weight excluding hydrogens is 246 g/mol. The van der Waals surface area contributed by atoms with Gasteiger partial charge in [0.2, 0.25) is 0 Å². The monoisotopic (exact) mass is 263 g/mol. The van der Waals surface area contributed by atoms with E-state index in [0.29, 0.717) is 6.04 Å². The fraction of sp³-hybridized carbons (Fsp3) is 0.357. The SMILES string of the molecule is CCCC(C)Nc1cc(Cl)ccc1-n1cccn1. The third kappa shape index (κ3) is 3.05. The van der Waals surface area contributed by atoms with Gasteiger partial charge in [0.25, 0.3) is 0 Å². The van der Waals surface area contributed by atoms with Crippen LogP contribution in [0.25, 0.3) is 5.69 Å². The van der Waals surface area contributed by atoms with E-state index >= 15 is 0 Å². The van der Waals surface area contributed by atoms with E-state index in [4.69, 9.17) is 11.6 Å². The van der Waals surface area contributed by atoms with Gasteiger partial charge in [0.1, 0.15) is 0 Å². The molecule has 1 atom stereocenters. The minimum absolute atomic E-state index is 0.419. The number of aromatic nitrogens is 2. The number of benzene rings is 1. The highest BCUT2D eigenvalue weighted by Gasteiger charge is 2.08. The molecule has 4 heteroatoms. The first-order valence-electron chi connectivity index (χ1n) is 6.27. The molecule has 96 valence electrons. The predicted octanol–water partition coefficient (Wildman–Crippen LogP) is 4.13. The van der Waals surface area contributed by atoms with Crippen LogP contribution in [0, 0.1) is 0 Å². The highest BCUT2D eigenvalue weighted by Crippen LogP contribution is 2.25. The summed E-state index contributed by atoms with van der Waals surface area (Å²) in [4.78, 5) is 0. The second-order valence-electron chi connectivity index (χ2n) is 4.45. The van der Waals surface area contributed by atoms with Crippen LogP contribution in [0.15, 0.2) is 36.7 Å². The molecular formula is C14H18ClN3. The first kappa shape index (κ1) is 13.0. The highest BCUT2D eigenvalue weighted by molar-refractivity contribution is 6.31. The highest BCUT2D eigenvalue weighted by atomic mass is 35.5. The lowest BCUT2D eigenvalue weighted by molar-refractivity contribution is 0.689. The Morgan fingerprint density at radius 3 is 2.94 bits per heavy atom. The van der Waals surface area contributed by atoms with Gasteiger partial charge in [0.05, 0.1) is 11.4 Å². The summed E-state index contributed by atoms with van der Waals surface area (Å²) < 4.78 is 1.84. The molecule has 18 heavy (non-hydrogen) atoms. The standard InChI is InChI=1S/C14H18ClN3/c1-3-5-11(2)17-13-10-12(15)6-7-14(13)18-9-4-8-16-18/h4,6-11,17H,3,5H2,1-2H3. The van der Waals surface area contributed by atoms with Crippen LogP contribution in [0.3, 0.4) is 0 Å². The molecule has 0 radical (unpaired) electrons. The van der Waals surface area contributed by atoms with E-state index in [1.807, 2.05) is 35.1 Å². The summed E-state index contributed by atoms with van der Waals surface area (Å²) in [7, 11) is 0. The molecule has 3 nitrogen and oxygen atoms in total. The maximum absolute atomic E-state index is 6.07. The number of nitrogens with zero attached hydrogens (tertiary/aromatic N) is 2. The Labute approximate surface area is 113 Å². The van der Waals surface area contributed by atoms with Crippen molar-refractivity contribution in [2.45, 2.75) is 32.7 Å². The molecule has 1 heterocycles. The lowest BCUT2D eigenvalue weighted by Gasteiger charge is -2.17. The molecule has 0 amide bonds. The van der Waals surface area contributed by atoms with Gasteiger partial charge in [0.15, 0.2) is 0 Å². The van der Waals surface area contributed by atoms with Crippen LogP contribution in [0.2, 0.25) is 5.02 Å². The van der Waals surface area contributed by atoms with Crippen molar-refractivity contribution in [2.24, 2.45) is 0 Å². The first-order valence-corrected chi connectivity index (χ1v) is 6.64. The van der Waals surface area contributed by atoms with Crippen LogP contribution in [0.5, 0.6) is 0 Å². The Morgan fingerprint density at radius 2 is 2.28 bits per heavy atom. The molecule has 0 aliphatic rings. The summed E-state index contributed by atoms with van der Waals surface area (Å²) in [5.74, 6) is 0. The van der Waals surface area contributed by atoms with Gasteiger partial charge in [-0.05, 0) is 37.6 Å². The van der Waals surface area contributed by atoms with E-state index < -0.39 is 0 Å². The molecule has 1 N–H and O–H groups in total. The Balaban J connectivity index is 2.29. The van der Waals surface area contributed by atoms with Crippen molar-refractivity contribution < 1.29 is 0 Å². The molecule has 0 fully saturated rings. The van der Waals surface area contributed by atoms with Crippen LogP contribution in [-0.2, 0) is 0 Å². The lowest BCUT2D eigenvalue weighted by atomic mass is 10.1. The fourth-order valence-electron chi connectivity index (χ4n) is 2.01. The van der Waals surface area contributed by atoms with Gasteiger partial charge in [-0.2, -0.15) is 5.10 Å². The molecule has 0 bridgehead atoms. The van der Waals surface area contributed by atoms with Gasteiger partial charge in [-0.3, -0.25) is 0 Å². The Morgan fingerprint density at radius 1 is 1.44 bits per heavy atom. The third-order valence-electron chi connectivity index (χ3n) is 2.83. The van der Waals surface area contributed by atoms with Crippen LogP contribution in [0.4, 0.5) is 5.69 Å².